The maximum absolute atomic E-state index is 12.9. The number of amides is 1. The van der Waals surface area contributed by atoms with E-state index in [1.165, 1.54) is 0 Å². The number of benzene rings is 1. The molecule has 1 amide bonds. The van der Waals surface area contributed by atoms with Crippen LogP contribution in [0.1, 0.15) is 31.4 Å². The first-order valence-corrected chi connectivity index (χ1v) is 6.06. The van der Waals surface area contributed by atoms with Gasteiger partial charge in [-0.05, 0) is 31.0 Å². The van der Waals surface area contributed by atoms with Crippen LogP contribution in [0.15, 0.2) is 29.8 Å². The first-order chi connectivity index (χ1) is 9.25. The highest BCUT2D eigenvalue weighted by molar-refractivity contribution is 5.92. The molecule has 20 heavy (non-hydrogen) atoms. The third kappa shape index (κ3) is 4.36. The number of carbonyl (C=O) groups excluding carboxylic acids is 1. The van der Waals surface area contributed by atoms with Gasteiger partial charge in [0.05, 0.1) is 5.56 Å². The number of hydrogen-bond donors (Lipinski definition) is 1. The SMILES string of the molecule is CCC=C(C)C(=O)NCc1ccc(F)cc1C(F)(F)F. The average Bonchev–Trinajstić information content (AvgIpc) is 2.36. The molecule has 0 aromatic heterocycles. The molecule has 6 heteroatoms. The normalized spacial score (nSPS) is 12.4. The molecule has 1 N–H and O–H groups in total. The summed E-state index contributed by atoms with van der Waals surface area (Å²) in [4.78, 5) is 11.6. The Balaban J connectivity index is 2.89. The van der Waals surface area contributed by atoms with Crippen LogP contribution in [-0.2, 0) is 17.5 Å². The van der Waals surface area contributed by atoms with Gasteiger partial charge in [0, 0.05) is 12.1 Å². The van der Waals surface area contributed by atoms with Gasteiger partial charge in [0.15, 0.2) is 0 Å². The lowest BCUT2D eigenvalue weighted by Crippen LogP contribution is -2.25. The van der Waals surface area contributed by atoms with Crippen molar-refractivity contribution in [2.45, 2.75) is 33.0 Å². The van der Waals surface area contributed by atoms with Crippen LogP contribution >= 0.6 is 0 Å². The minimum absolute atomic E-state index is 0.170. The summed E-state index contributed by atoms with van der Waals surface area (Å²) < 4.78 is 51.1. The average molecular weight is 289 g/mol. The molecule has 0 atom stereocenters. The molecular formula is C14H15F4NO. The number of rotatable bonds is 4. The van der Waals surface area contributed by atoms with Crippen molar-refractivity contribution < 1.29 is 22.4 Å². The van der Waals surface area contributed by atoms with Crippen LogP contribution < -0.4 is 5.32 Å². The number of alkyl halides is 3. The van der Waals surface area contributed by atoms with E-state index in [-0.39, 0.29) is 12.1 Å². The molecule has 0 unspecified atom stereocenters. The summed E-state index contributed by atoms with van der Waals surface area (Å²) in [5.41, 5.74) is -0.811. The molecule has 0 heterocycles. The predicted octanol–water partition coefficient (Wildman–Crippen LogP) is 3.82. The second kappa shape index (κ2) is 6.54. The highest BCUT2D eigenvalue weighted by Gasteiger charge is 2.33. The van der Waals surface area contributed by atoms with Crippen molar-refractivity contribution in [3.63, 3.8) is 0 Å². The van der Waals surface area contributed by atoms with E-state index in [4.69, 9.17) is 0 Å². The monoisotopic (exact) mass is 289 g/mol. The van der Waals surface area contributed by atoms with E-state index in [1.54, 1.807) is 13.0 Å². The zero-order valence-electron chi connectivity index (χ0n) is 11.1. The highest BCUT2D eigenvalue weighted by atomic mass is 19.4. The van der Waals surface area contributed by atoms with Crippen molar-refractivity contribution in [2.75, 3.05) is 0 Å². The molecular weight excluding hydrogens is 274 g/mol. The van der Waals surface area contributed by atoms with Crippen molar-refractivity contribution in [3.05, 3.63) is 46.8 Å². The standard InChI is InChI=1S/C14H15F4NO/c1-3-4-9(2)13(20)19-8-10-5-6-11(15)7-12(10)14(16,17)18/h4-7H,3,8H2,1-2H3,(H,19,20). The Labute approximate surface area is 114 Å². The number of nitrogens with one attached hydrogen (secondary N) is 1. The van der Waals surface area contributed by atoms with Gasteiger partial charge in [0.25, 0.3) is 0 Å². The van der Waals surface area contributed by atoms with Gasteiger partial charge in [0.1, 0.15) is 5.82 Å². The van der Waals surface area contributed by atoms with Gasteiger partial charge < -0.3 is 5.32 Å². The maximum atomic E-state index is 12.9. The Morgan fingerprint density at radius 3 is 2.55 bits per heavy atom. The largest absolute Gasteiger partial charge is 0.416 e. The minimum Gasteiger partial charge on any atom is -0.348 e. The van der Waals surface area contributed by atoms with Crippen molar-refractivity contribution in [3.8, 4) is 0 Å². The first-order valence-electron chi connectivity index (χ1n) is 6.06. The van der Waals surface area contributed by atoms with Crippen LogP contribution in [0.2, 0.25) is 0 Å². The van der Waals surface area contributed by atoms with E-state index < -0.39 is 23.5 Å². The second-order valence-electron chi connectivity index (χ2n) is 4.28. The van der Waals surface area contributed by atoms with Crippen LogP contribution in [0.3, 0.4) is 0 Å². The van der Waals surface area contributed by atoms with E-state index in [0.717, 1.165) is 12.1 Å². The van der Waals surface area contributed by atoms with Crippen molar-refractivity contribution in [2.24, 2.45) is 0 Å². The number of carbonyl (C=O) groups is 1. The van der Waals surface area contributed by atoms with Gasteiger partial charge in [-0.3, -0.25) is 4.79 Å². The Morgan fingerprint density at radius 1 is 1.35 bits per heavy atom. The van der Waals surface area contributed by atoms with Crippen molar-refractivity contribution >= 4 is 5.91 Å². The number of allylic oxidation sites excluding steroid dienone is 1. The molecule has 0 aliphatic carbocycles. The fourth-order valence-electron chi connectivity index (χ4n) is 1.68. The first kappa shape index (κ1) is 16.2. The Morgan fingerprint density at radius 2 is 2.00 bits per heavy atom. The van der Waals surface area contributed by atoms with Crippen LogP contribution in [0.5, 0.6) is 0 Å². The molecule has 0 radical (unpaired) electrons. The van der Waals surface area contributed by atoms with Gasteiger partial charge >= 0.3 is 6.18 Å². The predicted molar refractivity (Wildman–Crippen MR) is 67.3 cm³/mol. The van der Waals surface area contributed by atoms with E-state index in [9.17, 15) is 22.4 Å². The zero-order chi connectivity index (χ0) is 15.3. The number of halogens is 4. The smallest absolute Gasteiger partial charge is 0.348 e. The molecule has 1 rings (SSSR count). The molecule has 0 spiro atoms. The third-order valence-electron chi connectivity index (χ3n) is 2.69. The highest BCUT2D eigenvalue weighted by Crippen LogP contribution is 2.32. The Bertz CT molecular complexity index is 520. The molecule has 2 nitrogen and oxygen atoms in total. The van der Waals surface area contributed by atoms with Crippen molar-refractivity contribution in [1.82, 2.24) is 5.32 Å². The van der Waals surface area contributed by atoms with Crippen LogP contribution in [0.4, 0.5) is 17.6 Å². The van der Waals surface area contributed by atoms with Gasteiger partial charge in [0.2, 0.25) is 5.91 Å². The summed E-state index contributed by atoms with van der Waals surface area (Å²) in [5.74, 6) is -1.40. The fourth-order valence-corrected chi connectivity index (χ4v) is 1.68. The molecule has 0 fully saturated rings. The van der Waals surface area contributed by atoms with E-state index in [0.29, 0.717) is 18.1 Å². The molecule has 0 saturated heterocycles. The molecule has 0 saturated carbocycles. The molecule has 1 aromatic rings. The summed E-state index contributed by atoms with van der Waals surface area (Å²) in [6.45, 7) is 3.12. The third-order valence-corrected chi connectivity index (χ3v) is 2.69. The molecule has 0 aliphatic heterocycles. The summed E-state index contributed by atoms with van der Waals surface area (Å²) in [5, 5.41) is 2.39. The van der Waals surface area contributed by atoms with Gasteiger partial charge in [-0.1, -0.05) is 19.1 Å². The van der Waals surface area contributed by atoms with E-state index in [2.05, 4.69) is 5.32 Å². The summed E-state index contributed by atoms with van der Waals surface area (Å²) in [6.07, 6.45) is -2.33. The lowest BCUT2D eigenvalue weighted by molar-refractivity contribution is -0.138. The maximum Gasteiger partial charge on any atom is 0.416 e. The fraction of sp³-hybridized carbons (Fsp3) is 0.357. The molecule has 0 bridgehead atoms. The van der Waals surface area contributed by atoms with Gasteiger partial charge in [-0.25, -0.2) is 4.39 Å². The lowest BCUT2D eigenvalue weighted by atomic mass is 10.1. The zero-order valence-corrected chi connectivity index (χ0v) is 11.1. The molecule has 1 aromatic carbocycles. The summed E-state index contributed by atoms with van der Waals surface area (Å²) >= 11 is 0. The lowest BCUT2D eigenvalue weighted by Gasteiger charge is -2.13. The summed E-state index contributed by atoms with van der Waals surface area (Å²) in [7, 11) is 0. The molecule has 0 aliphatic rings. The molecule has 110 valence electrons. The van der Waals surface area contributed by atoms with Crippen molar-refractivity contribution in [1.29, 1.82) is 0 Å². The van der Waals surface area contributed by atoms with Crippen LogP contribution in [0.25, 0.3) is 0 Å². The Kier molecular flexibility index (Phi) is 5.30. The van der Waals surface area contributed by atoms with Crippen LogP contribution in [0, 0.1) is 5.82 Å². The second-order valence-corrected chi connectivity index (χ2v) is 4.28. The van der Waals surface area contributed by atoms with E-state index in [1.807, 2.05) is 6.92 Å². The van der Waals surface area contributed by atoms with E-state index >= 15 is 0 Å². The minimum atomic E-state index is -4.66. The quantitative estimate of drug-likeness (QED) is 0.662. The van der Waals surface area contributed by atoms with Gasteiger partial charge in [-0.2, -0.15) is 13.2 Å². The number of hydrogen-bond acceptors (Lipinski definition) is 1. The van der Waals surface area contributed by atoms with Crippen LogP contribution in [-0.4, -0.2) is 5.91 Å². The van der Waals surface area contributed by atoms with Gasteiger partial charge in [-0.15, -0.1) is 0 Å². The summed E-state index contributed by atoms with van der Waals surface area (Å²) in [6, 6.07) is 2.39. The topological polar surface area (TPSA) is 29.1 Å². The Hall–Kier alpha value is -1.85.